The monoisotopic (exact) mass is 243 g/mol. The van der Waals surface area contributed by atoms with Gasteiger partial charge in [-0.15, -0.1) is 0 Å². The molecular formula is C14H13NO3. The van der Waals surface area contributed by atoms with Crippen LogP contribution in [-0.4, -0.2) is 4.92 Å². The Kier molecular flexibility index (Phi) is 3.57. The number of nitrogens with zero attached hydrogens (tertiary/aromatic N) is 1. The van der Waals surface area contributed by atoms with Crippen molar-refractivity contribution < 1.29 is 9.66 Å². The smallest absolute Gasteiger partial charge is 0.310 e. The summed E-state index contributed by atoms with van der Waals surface area (Å²) in [7, 11) is 0. The zero-order valence-corrected chi connectivity index (χ0v) is 10.00. The number of aryl methyl sites for hydroxylation is 1. The summed E-state index contributed by atoms with van der Waals surface area (Å²) in [4.78, 5) is 10.4. The number of rotatable bonds is 4. The van der Waals surface area contributed by atoms with Crippen LogP contribution in [0.3, 0.4) is 0 Å². The first kappa shape index (κ1) is 12.1. The molecule has 4 nitrogen and oxygen atoms in total. The van der Waals surface area contributed by atoms with Gasteiger partial charge in [0.05, 0.1) is 4.92 Å². The minimum Gasteiger partial charge on any atom is -0.482 e. The fourth-order valence-corrected chi connectivity index (χ4v) is 1.62. The lowest BCUT2D eigenvalue weighted by Crippen LogP contribution is -1.99. The van der Waals surface area contributed by atoms with Gasteiger partial charge in [-0.2, -0.15) is 0 Å². The highest BCUT2D eigenvalue weighted by molar-refractivity contribution is 5.48. The van der Waals surface area contributed by atoms with Crippen LogP contribution in [0.4, 0.5) is 5.69 Å². The molecule has 0 aliphatic carbocycles. The summed E-state index contributed by atoms with van der Waals surface area (Å²) in [6, 6.07) is 14.4. The third kappa shape index (κ3) is 2.85. The summed E-state index contributed by atoms with van der Waals surface area (Å²) in [6.07, 6.45) is 0. The molecule has 2 aromatic carbocycles. The number of nitro groups is 1. The molecule has 0 radical (unpaired) electrons. The van der Waals surface area contributed by atoms with E-state index < -0.39 is 4.92 Å². The van der Waals surface area contributed by atoms with E-state index in [1.54, 1.807) is 12.1 Å². The van der Waals surface area contributed by atoms with E-state index >= 15 is 0 Å². The summed E-state index contributed by atoms with van der Waals surface area (Å²) in [5, 5.41) is 10.9. The molecule has 0 aliphatic heterocycles. The zero-order valence-electron chi connectivity index (χ0n) is 10.00. The van der Waals surface area contributed by atoms with Crippen molar-refractivity contribution >= 4 is 5.69 Å². The van der Waals surface area contributed by atoms with Gasteiger partial charge in [-0.25, -0.2) is 0 Å². The first-order valence-corrected chi connectivity index (χ1v) is 5.58. The van der Waals surface area contributed by atoms with Crippen LogP contribution in [0.5, 0.6) is 5.75 Å². The SMILES string of the molecule is Cc1ccc([N+](=O)[O-])c(OCc2ccccc2)c1. The van der Waals surface area contributed by atoms with Crippen LogP contribution < -0.4 is 4.74 Å². The second-order valence-corrected chi connectivity index (χ2v) is 4.00. The molecule has 0 amide bonds. The first-order valence-electron chi connectivity index (χ1n) is 5.58. The van der Waals surface area contributed by atoms with E-state index in [0.717, 1.165) is 11.1 Å². The van der Waals surface area contributed by atoms with Crippen LogP contribution in [0.1, 0.15) is 11.1 Å². The lowest BCUT2D eigenvalue weighted by molar-refractivity contribution is -0.386. The lowest BCUT2D eigenvalue weighted by atomic mass is 10.2. The highest BCUT2D eigenvalue weighted by atomic mass is 16.6. The maximum Gasteiger partial charge on any atom is 0.310 e. The Morgan fingerprint density at radius 2 is 1.89 bits per heavy atom. The van der Waals surface area contributed by atoms with Crippen molar-refractivity contribution in [2.75, 3.05) is 0 Å². The van der Waals surface area contributed by atoms with Gasteiger partial charge in [0.25, 0.3) is 0 Å². The van der Waals surface area contributed by atoms with Gasteiger partial charge < -0.3 is 4.74 Å². The van der Waals surface area contributed by atoms with E-state index in [1.807, 2.05) is 37.3 Å². The molecule has 0 N–H and O–H groups in total. The maximum absolute atomic E-state index is 10.9. The van der Waals surface area contributed by atoms with E-state index in [4.69, 9.17) is 4.74 Å². The van der Waals surface area contributed by atoms with Crippen LogP contribution in [0.15, 0.2) is 48.5 Å². The molecule has 4 heteroatoms. The molecule has 0 heterocycles. The van der Waals surface area contributed by atoms with Crippen LogP contribution in [0.25, 0.3) is 0 Å². The van der Waals surface area contributed by atoms with Crippen molar-refractivity contribution in [3.63, 3.8) is 0 Å². The van der Waals surface area contributed by atoms with E-state index in [2.05, 4.69) is 0 Å². The minimum absolute atomic E-state index is 0.00321. The molecule has 0 fully saturated rings. The van der Waals surface area contributed by atoms with E-state index in [-0.39, 0.29) is 5.69 Å². The number of nitro benzene ring substituents is 1. The van der Waals surface area contributed by atoms with E-state index in [0.29, 0.717) is 12.4 Å². The second kappa shape index (κ2) is 5.31. The summed E-state index contributed by atoms with van der Waals surface area (Å²) >= 11 is 0. The van der Waals surface area contributed by atoms with Gasteiger partial charge in [0.2, 0.25) is 0 Å². The molecule has 0 saturated carbocycles. The molecule has 18 heavy (non-hydrogen) atoms. The molecular weight excluding hydrogens is 230 g/mol. The fraction of sp³-hybridized carbons (Fsp3) is 0.143. The van der Waals surface area contributed by atoms with Gasteiger partial charge in [-0.05, 0) is 24.1 Å². The van der Waals surface area contributed by atoms with Crippen LogP contribution >= 0.6 is 0 Å². The maximum atomic E-state index is 10.9. The second-order valence-electron chi connectivity index (χ2n) is 4.00. The zero-order chi connectivity index (χ0) is 13.0. The topological polar surface area (TPSA) is 52.4 Å². The predicted molar refractivity (Wildman–Crippen MR) is 68.6 cm³/mol. The van der Waals surface area contributed by atoms with E-state index in [9.17, 15) is 10.1 Å². The number of benzene rings is 2. The van der Waals surface area contributed by atoms with Crippen molar-refractivity contribution in [3.05, 3.63) is 69.8 Å². The Hall–Kier alpha value is -2.36. The highest BCUT2D eigenvalue weighted by Crippen LogP contribution is 2.28. The van der Waals surface area contributed by atoms with Gasteiger partial charge in [0.15, 0.2) is 5.75 Å². The third-order valence-corrected chi connectivity index (χ3v) is 2.55. The molecule has 0 spiro atoms. The Morgan fingerprint density at radius 1 is 1.17 bits per heavy atom. The van der Waals surface area contributed by atoms with Crippen LogP contribution in [0, 0.1) is 17.0 Å². The highest BCUT2D eigenvalue weighted by Gasteiger charge is 2.14. The Balaban J connectivity index is 2.18. The van der Waals surface area contributed by atoms with Crippen LogP contribution in [-0.2, 0) is 6.61 Å². The summed E-state index contributed by atoms with van der Waals surface area (Å²) < 4.78 is 5.52. The molecule has 2 rings (SSSR count). The predicted octanol–water partition coefficient (Wildman–Crippen LogP) is 3.48. The lowest BCUT2D eigenvalue weighted by Gasteiger charge is -2.07. The Labute approximate surface area is 105 Å². The molecule has 0 unspecified atom stereocenters. The van der Waals surface area contributed by atoms with E-state index in [1.165, 1.54) is 6.07 Å². The van der Waals surface area contributed by atoms with Crippen molar-refractivity contribution in [3.8, 4) is 5.75 Å². The van der Waals surface area contributed by atoms with Crippen molar-refractivity contribution in [2.24, 2.45) is 0 Å². The largest absolute Gasteiger partial charge is 0.482 e. The fourth-order valence-electron chi connectivity index (χ4n) is 1.62. The quantitative estimate of drug-likeness (QED) is 0.610. The molecule has 0 bridgehead atoms. The van der Waals surface area contributed by atoms with Crippen molar-refractivity contribution in [1.82, 2.24) is 0 Å². The average Bonchev–Trinajstić information content (AvgIpc) is 2.37. The Bertz CT molecular complexity index is 552. The van der Waals surface area contributed by atoms with Gasteiger partial charge in [-0.3, -0.25) is 10.1 Å². The molecule has 92 valence electrons. The number of hydrogen-bond donors (Lipinski definition) is 0. The number of hydrogen-bond acceptors (Lipinski definition) is 3. The van der Waals surface area contributed by atoms with Gasteiger partial charge >= 0.3 is 5.69 Å². The standard InChI is InChI=1S/C14H13NO3/c1-11-7-8-13(15(16)17)14(9-11)18-10-12-5-3-2-4-6-12/h2-9H,10H2,1H3. The minimum atomic E-state index is -0.431. The molecule has 0 atom stereocenters. The average molecular weight is 243 g/mol. The molecule has 2 aromatic rings. The summed E-state index contributed by atoms with van der Waals surface area (Å²) in [5.74, 6) is 0.309. The first-order chi connectivity index (χ1) is 8.66. The Morgan fingerprint density at radius 3 is 2.56 bits per heavy atom. The van der Waals surface area contributed by atoms with Gasteiger partial charge in [-0.1, -0.05) is 36.4 Å². The number of ether oxygens (including phenoxy) is 1. The summed E-state index contributed by atoms with van der Waals surface area (Å²) in [6.45, 7) is 2.20. The normalized spacial score (nSPS) is 10.1. The molecule has 0 aliphatic rings. The molecule has 0 aromatic heterocycles. The van der Waals surface area contributed by atoms with Gasteiger partial charge in [0, 0.05) is 6.07 Å². The van der Waals surface area contributed by atoms with Crippen LogP contribution in [0.2, 0.25) is 0 Å². The van der Waals surface area contributed by atoms with Crippen molar-refractivity contribution in [1.29, 1.82) is 0 Å². The van der Waals surface area contributed by atoms with Crippen molar-refractivity contribution in [2.45, 2.75) is 13.5 Å². The third-order valence-electron chi connectivity index (χ3n) is 2.55. The molecule has 0 saturated heterocycles. The van der Waals surface area contributed by atoms with Gasteiger partial charge in [0.1, 0.15) is 6.61 Å². The summed E-state index contributed by atoms with van der Waals surface area (Å²) in [5.41, 5.74) is 1.91.